The average molecular weight is 371 g/mol. The Labute approximate surface area is 155 Å². The minimum absolute atomic E-state index is 0.00235. The van der Waals surface area contributed by atoms with E-state index in [1.807, 2.05) is 12.1 Å². The molecule has 1 saturated carbocycles. The Hall–Kier alpha value is -2.13. The van der Waals surface area contributed by atoms with E-state index in [0.29, 0.717) is 18.2 Å². The number of nitrogens with zero attached hydrogens (tertiary/aromatic N) is 7. The Bertz CT molecular complexity index is 888. The Kier molecular flexibility index (Phi) is 4.25. The molecule has 1 aliphatic carbocycles. The first-order chi connectivity index (χ1) is 12.9. The highest BCUT2D eigenvalue weighted by Gasteiger charge is 2.27. The van der Waals surface area contributed by atoms with E-state index in [9.17, 15) is 0 Å². The molecule has 26 heavy (non-hydrogen) atoms. The third-order valence-electron chi connectivity index (χ3n) is 5.28. The van der Waals surface area contributed by atoms with Crippen LogP contribution >= 0.6 is 11.3 Å². The van der Waals surface area contributed by atoms with Crippen molar-refractivity contribution in [3.63, 3.8) is 0 Å². The lowest BCUT2D eigenvalue weighted by molar-refractivity contribution is 0.0391. The van der Waals surface area contributed by atoms with Gasteiger partial charge >= 0.3 is 0 Å². The number of anilines is 1. The van der Waals surface area contributed by atoms with Gasteiger partial charge in [0.1, 0.15) is 11.1 Å². The van der Waals surface area contributed by atoms with Crippen molar-refractivity contribution < 1.29 is 4.74 Å². The third-order valence-corrected chi connectivity index (χ3v) is 6.24. The molecule has 9 heteroatoms. The normalized spacial score (nSPS) is 22.2. The van der Waals surface area contributed by atoms with E-state index in [1.54, 1.807) is 11.3 Å². The fourth-order valence-electron chi connectivity index (χ4n) is 3.85. The standard InChI is InChI=1S/C17H21N7OS/c1-2-4-12(5-3-1)13-11-26-17(18-13)14-10-23(8-9-25-14)16-7-6-15-19-21-22-24(15)20-16/h6-7,11-12,14H,1-5,8-10H2. The predicted molar refractivity (Wildman–Crippen MR) is 97.4 cm³/mol. The zero-order valence-electron chi connectivity index (χ0n) is 14.5. The maximum atomic E-state index is 6.02. The molecule has 5 rings (SSSR count). The van der Waals surface area contributed by atoms with Crippen LogP contribution in [0, 0.1) is 0 Å². The molecule has 0 bridgehead atoms. The van der Waals surface area contributed by atoms with Crippen molar-refractivity contribution in [2.24, 2.45) is 0 Å². The van der Waals surface area contributed by atoms with E-state index < -0.39 is 0 Å². The summed E-state index contributed by atoms with van der Waals surface area (Å²) in [5.74, 6) is 1.50. The highest BCUT2D eigenvalue weighted by Crippen LogP contribution is 2.35. The van der Waals surface area contributed by atoms with Crippen LogP contribution in [0.2, 0.25) is 0 Å². The van der Waals surface area contributed by atoms with Crippen LogP contribution in [0.3, 0.4) is 0 Å². The number of ether oxygens (including phenoxy) is 1. The van der Waals surface area contributed by atoms with Crippen LogP contribution in [0.15, 0.2) is 17.5 Å². The lowest BCUT2D eigenvalue weighted by Gasteiger charge is -2.32. The molecule has 0 spiro atoms. The number of morpholine rings is 1. The van der Waals surface area contributed by atoms with Crippen molar-refractivity contribution in [1.29, 1.82) is 0 Å². The quantitative estimate of drug-likeness (QED) is 0.700. The van der Waals surface area contributed by atoms with Crippen molar-refractivity contribution in [2.45, 2.75) is 44.1 Å². The Morgan fingerprint density at radius 3 is 3.00 bits per heavy atom. The summed E-state index contributed by atoms with van der Waals surface area (Å²) in [6.45, 7) is 2.22. The molecule has 1 saturated heterocycles. The highest BCUT2D eigenvalue weighted by atomic mass is 32.1. The monoisotopic (exact) mass is 371 g/mol. The van der Waals surface area contributed by atoms with E-state index in [1.165, 1.54) is 42.4 Å². The van der Waals surface area contributed by atoms with Gasteiger partial charge in [-0.05, 0) is 35.4 Å². The molecule has 0 N–H and O–H groups in total. The molecule has 1 atom stereocenters. The predicted octanol–water partition coefficient (Wildman–Crippen LogP) is 2.60. The van der Waals surface area contributed by atoms with E-state index in [0.717, 1.165) is 23.9 Å². The largest absolute Gasteiger partial charge is 0.367 e. The number of fused-ring (bicyclic) bond motifs is 1. The van der Waals surface area contributed by atoms with Gasteiger partial charge in [0.2, 0.25) is 0 Å². The summed E-state index contributed by atoms with van der Waals surface area (Å²) in [5, 5.41) is 19.2. The van der Waals surface area contributed by atoms with Crippen LogP contribution < -0.4 is 4.90 Å². The fraction of sp³-hybridized carbons (Fsp3) is 0.588. The molecule has 0 radical (unpaired) electrons. The number of aromatic nitrogens is 6. The summed E-state index contributed by atoms with van der Waals surface area (Å²) in [5.41, 5.74) is 1.91. The number of hydrogen-bond donors (Lipinski definition) is 0. The molecule has 4 heterocycles. The van der Waals surface area contributed by atoms with Crippen molar-refractivity contribution in [3.05, 3.63) is 28.2 Å². The van der Waals surface area contributed by atoms with Gasteiger partial charge < -0.3 is 9.64 Å². The summed E-state index contributed by atoms with van der Waals surface area (Å²) in [4.78, 5) is 7.16. The van der Waals surface area contributed by atoms with E-state index in [-0.39, 0.29) is 6.10 Å². The van der Waals surface area contributed by atoms with E-state index in [2.05, 4.69) is 30.9 Å². The maximum absolute atomic E-state index is 6.02. The Balaban J connectivity index is 1.33. The van der Waals surface area contributed by atoms with Crippen LogP contribution in [-0.2, 0) is 4.74 Å². The van der Waals surface area contributed by atoms with Gasteiger partial charge in [-0.25, -0.2) is 4.98 Å². The molecular weight excluding hydrogens is 350 g/mol. The topological polar surface area (TPSA) is 81.3 Å². The van der Waals surface area contributed by atoms with Crippen LogP contribution in [0.25, 0.3) is 5.65 Å². The lowest BCUT2D eigenvalue weighted by Crippen LogP contribution is -2.39. The molecule has 8 nitrogen and oxygen atoms in total. The summed E-state index contributed by atoms with van der Waals surface area (Å²) in [6, 6.07) is 3.85. The van der Waals surface area contributed by atoms with Crippen LogP contribution in [0.4, 0.5) is 5.82 Å². The van der Waals surface area contributed by atoms with E-state index in [4.69, 9.17) is 9.72 Å². The zero-order valence-corrected chi connectivity index (χ0v) is 15.3. The average Bonchev–Trinajstić information content (AvgIpc) is 3.38. The first-order valence-corrected chi connectivity index (χ1v) is 10.1. The minimum atomic E-state index is -0.00235. The molecule has 2 aliphatic rings. The zero-order chi connectivity index (χ0) is 17.3. The molecule has 0 aromatic carbocycles. The van der Waals surface area contributed by atoms with Crippen molar-refractivity contribution in [3.8, 4) is 0 Å². The summed E-state index contributed by atoms with van der Waals surface area (Å²) < 4.78 is 7.48. The van der Waals surface area contributed by atoms with Crippen molar-refractivity contribution in [2.75, 3.05) is 24.6 Å². The third kappa shape index (κ3) is 3.05. The molecule has 0 amide bonds. The Morgan fingerprint density at radius 2 is 2.08 bits per heavy atom. The summed E-state index contributed by atoms with van der Waals surface area (Å²) >= 11 is 1.73. The second-order valence-electron chi connectivity index (χ2n) is 6.97. The fourth-order valence-corrected chi connectivity index (χ4v) is 4.79. The summed E-state index contributed by atoms with van der Waals surface area (Å²) in [7, 11) is 0. The first-order valence-electron chi connectivity index (χ1n) is 9.24. The van der Waals surface area contributed by atoms with Gasteiger partial charge in [0.05, 0.1) is 18.8 Å². The summed E-state index contributed by atoms with van der Waals surface area (Å²) in [6.07, 6.45) is 6.57. The molecule has 136 valence electrons. The smallest absolute Gasteiger partial charge is 0.200 e. The molecular formula is C17H21N7OS. The number of thiazole rings is 1. The maximum Gasteiger partial charge on any atom is 0.200 e. The SMILES string of the molecule is c1sc(C2CN(c3ccc4nnnn4n3)CCO2)nc1C1CCCCC1. The van der Waals surface area contributed by atoms with E-state index >= 15 is 0 Å². The van der Waals surface area contributed by atoms with Gasteiger partial charge in [0.25, 0.3) is 0 Å². The van der Waals surface area contributed by atoms with Gasteiger partial charge in [0.15, 0.2) is 11.5 Å². The number of rotatable bonds is 3. The molecule has 1 aliphatic heterocycles. The van der Waals surface area contributed by atoms with Gasteiger partial charge in [-0.1, -0.05) is 19.3 Å². The van der Waals surface area contributed by atoms with Crippen LogP contribution in [0.1, 0.15) is 54.8 Å². The molecule has 3 aromatic rings. The highest BCUT2D eigenvalue weighted by molar-refractivity contribution is 7.09. The van der Waals surface area contributed by atoms with Crippen LogP contribution in [0.5, 0.6) is 0 Å². The van der Waals surface area contributed by atoms with Gasteiger partial charge in [-0.15, -0.1) is 26.2 Å². The second kappa shape index (κ2) is 6.88. The van der Waals surface area contributed by atoms with Crippen LogP contribution in [-0.4, -0.2) is 49.9 Å². The number of hydrogen-bond acceptors (Lipinski definition) is 8. The molecule has 2 fully saturated rings. The van der Waals surface area contributed by atoms with Gasteiger partial charge in [0, 0.05) is 17.8 Å². The lowest BCUT2D eigenvalue weighted by atomic mass is 9.87. The minimum Gasteiger partial charge on any atom is -0.367 e. The number of tetrazole rings is 1. The van der Waals surface area contributed by atoms with Gasteiger partial charge in [-0.3, -0.25) is 0 Å². The van der Waals surface area contributed by atoms with Crippen molar-refractivity contribution >= 4 is 22.8 Å². The van der Waals surface area contributed by atoms with Crippen molar-refractivity contribution in [1.82, 2.24) is 30.2 Å². The van der Waals surface area contributed by atoms with Gasteiger partial charge in [-0.2, -0.15) is 0 Å². The first kappa shape index (κ1) is 16.1. The second-order valence-corrected chi connectivity index (χ2v) is 7.86. The molecule has 1 unspecified atom stereocenters. The molecule has 3 aromatic heterocycles. The Morgan fingerprint density at radius 1 is 1.15 bits per heavy atom.